The van der Waals surface area contributed by atoms with Crippen LogP contribution >= 0.6 is 27.5 Å². The number of halogens is 2. The van der Waals surface area contributed by atoms with Crippen molar-refractivity contribution < 1.29 is 0 Å². The van der Waals surface area contributed by atoms with Gasteiger partial charge < -0.3 is 10.6 Å². The minimum absolute atomic E-state index is 0.440. The molecule has 2 rings (SSSR count). The summed E-state index contributed by atoms with van der Waals surface area (Å²) < 4.78 is 1.07. The van der Waals surface area contributed by atoms with Crippen LogP contribution in [0, 0.1) is 0 Å². The molecular weight excluding hydrogens is 312 g/mol. The van der Waals surface area contributed by atoms with Gasteiger partial charge in [-0.25, -0.2) is 0 Å². The first-order valence-corrected chi connectivity index (χ1v) is 7.77. The molecule has 2 N–H and O–H groups in total. The molecule has 1 fully saturated rings. The first-order chi connectivity index (χ1) is 8.65. The molecule has 1 saturated heterocycles. The van der Waals surface area contributed by atoms with E-state index in [0.717, 1.165) is 28.1 Å². The SMILES string of the molecule is CC(CC1CCCCN1)Nc1cc(Cl)ccc1Br. The lowest BCUT2D eigenvalue weighted by Crippen LogP contribution is -2.37. The maximum absolute atomic E-state index is 6.02. The third-order valence-electron chi connectivity index (χ3n) is 3.38. The van der Waals surface area contributed by atoms with Crippen LogP contribution in [0.5, 0.6) is 0 Å². The minimum Gasteiger partial charge on any atom is -0.382 e. The third-order valence-corrected chi connectivity index (χ3v) is 4.31. The smallest absolute Gasteiger partial charge is 0.0501 e. The molecular formula is C14H20BrClN2. The van der Waals surface area contributed by atoms with Crippen molar-refractivity contribution in [3.8, 4) is 0 Å². The van der Waals surface area contributed by atoms with E-state index in [9.17, 15) is 0 Å². The second kappa shape index (κ2) is 6.78. The van der Waals surface area contributed by atoms with Crippen LogP contribution in [-0.4, -0.2) is 18.6 Å². The summed E-state index contributed by atoms with van der Waals surface area (Å²) in [6.07, 6.45) is 5.12. The van der Waals surface area contributed by atoms with Crippen molar-refractivity contribution in [2.45, 2.75) is 44.7 Å². The fraction of sp³-hybridized carbons (Fsp3) is 0.571. The van der Waals surface area contributed by atoms with E-state index in [0.29, 0.717) is 12.1 Å². The maximum Gasteiger partial charge on any atom is 0.0501 e. The number of nitrogens with one attached hydrogen (secondary N) is 2. The Labute approximate surface area is 123 Å². The molecule has 0 spiro atoms. The van der Waals surface area contributed by atoms with E-state index in [1.165, 1.54) is 19.3 Å². The van der Waals surface area contributed by atoms with E-state index in [4.69, 9.17) is 11.6 Å². The van der Waals surface area contributed by atoms with E-state index >= 15 is 0 Å². The highest BCUT2D eigenvalue weighted by Crippen LogP contribution is 2.27. The van der Waals surface area contributed by atoms with Crippen molar-refractivity contribution in [2.24, 2.45) is 0 Å². The molecule has 0 saturated carbocycles. The summed E-state index contributed by atoms with van der Waals surface area (Å²) in [7, 11) is 0. The second-order valence-corrected chi connectivity index (χ2v) is 6.34. The van der Waals surface area contributed by atoms with Gasteiger partial charge in [-0.05, 0) is 66.9 Å². The van der Waals surface area contributed by atoms with Crippen LogP contribution in [0.4, 0.5) is 5.69 Å². The predicted octanol–water partition coefficient (Wildman–Crippen LogP) is 4.44. The highest BCUT2D eigenvalue weighted by molar-refractivity contribution is 9.10. The van der Waals surface area contributed by atoms with Gasteiger partial charge >= 0.3 is 0 Å². The van der Waals surface area contributed by atoms with Crippen LogP contribution in [0.3, 0.4) is 0 Å². The molecule has 1 aromatic rings. The fourth-order valence-corrected chi connectivity index (χ4v) is 3.02. The lowest BCUT2D eigenvalue weighted by Gasteiger charge is -2.27. The van der Waals surface area contributed by atoms with Gasteiger partial charge in [-0.1, -0.05) is 18.0 Å². The summed E-state index contributed by atoms with van der Waals surface area (Å²) in [5.41, 5.74) is 1.07. The average molecular weight is 332 g/mol. The summed E-state index contributed by atoms with van der Waals surface area (Å²) in [5.74, 6) is 0. The van der Waals surface area contributed by atoms with Crippen LogP contribution in [0.25, 0.3) is 0 Å². The zero-order chi connectivity index (χ0) is 13.0. The number of anilines is 1. The Kier molecular flexibility index (Phi) is 5.34. The van der Waals surface area contributed by atoms with Gasteiger partial charge in [-0.3, -0.25) is 0 Å². The van der Waals surface area contributed by atoms with Crippen LogP contribution in [-0.2, 0) is 0 Å². The Hall–Kier alpha value is -0.250. The quantitative estimate of drug-likeness (QED) is 0.852. The van der Waals surface area contributed by atoms with Crippen molar-refractivity contribution >= 4 is 33.2 Å². The maximum atomic E-state index is 6.02. The lowest BCUT2D eigenvalue weighted by molar-refractivity contribution is 0.371. The van der Waals surface area contributed by atoms with Crippen molar-refractivity contribution in [1.82, 2.24) is 5.32 Å². The summed E-state index contributed by atoms with van der Waals surface area (Å²) in [4.78, 5) is 0. The molecule has 1 aliphatic rings. The molecule has 18 heavy (non-hydrogen) atoms. The van der Waals surface area contributed by atoms with Crippen molar-refractivity contribution in [3.05, 3.63) is 27.7 Å². The molecule has 0 amide bonds. The molecule has 0 aliphatic carbocycles. The van der Waals surface area contributed by atoms with Gasteiger partial charge in [0.2, 0.25) is 0 Å². The zero-order valence-corrected chi connectivity index (χ0v) is 13.0. The van der Waals surface area contributed by atoms with Crippen molar-refractivity contribution in [3.63, 3.8) is 0 Å². The monoisotopic (exact) mass is 330 g/mol. The van der Waals surface area contributed by atoms with E-state index in [-0.39, 0.29) is 0 Å². The summed E-state index contributed by atoms with van der Waals surface area (Å²) in [6, 6.07) is 6.94. The van der Waals surface area contributed by atoms with E-state index in [1.54, 1.807) is 0 Å². The molecule has 100 valence electrons. The summed E-state index contributed by atoms with van der Waals surface area (Å²) >= 11 is 9.57. The molecule has 0 radical (unpaired) electrons. The second-order valence-electron chi connectivity index (χ2n) is 5.05. The Morgan fingerprint density at radius 2 is 2.33 bits per heavy atom. The van der Waals surface area contributed by atoms with Gasteiger partial charge in [0.1, 0.15) is 0 Å². The molecule has 0 aromatic heterocycles. The Morgan fingerprint density at radius 1 is 1.50 bits per heavy atom. The normalized spacial score (nSPS) is 21.6. The topological polar surface area (TPSA) is 24.1 Å². The number of hydrogen-bond donors (Lipinski definition) is 2. The standard InChI is InChI=1S/C14H20BrClN2/c1-10(8-12-4-2-3-7-17-12)18-14-9-11(16)5-6-13(14)15/h5-6,9-10,12,17-18H,2-4,7-8H2,1H3. The number of hydrogen-bond acceptors (Lipinski definition) is 2. The summed E-state index contributed by atoms with van der Waals surface area (Å²) in [6.45, 7) is 3.39. The molecule has 2 unspecified atom stereocenters. The number of benzene rings is 1. The Balaban J connectivity index is 1.89. The lowest BCUT2D eigenvalue weighted by atomic mass is 9.99. The molecule has 1 aromatic carbocycles. The van der Waals surface area contributed by atoms with Gasteiger partial charge in [0.25, 0.3) is 0 Å². The Bertz CT molecular complexity index is 391. The van der Waals surface area contributed by atoms with Crippen LogP contribution < -0.4 is 10.6 Å². The van der Waals surface area contributed by atoms with Gasteiger partial charge in [-0.2, -0.15) is 0 Å². The molecule has 2 nitrogen and oxygen atoms in total. The first kappa shape index (κ1) is 14.2. The van der Waals surface area contributed by atoms with Gasteiger partial charge in [-0.15, -0.1) is 0 Å². The largest absolute Gasteiger partial charge is 0.382 e. The third kappa shape index (κ3) is 4.15. The molecule has 1 heterocycles. The highest BCUT2D eigenvalue weighted by atomic mass is 79.9. The van der Waals surface area contributed by atoms with E-state index in [2.05, 4.69) is 33.5 Å². The zero-order valence-electron chi connectivity index (χ0n) is 10.7. The molecule has 1 aliphatic heterocycles. The Morgan fingerprint density at radius 3 is 3.06 bits per heavy atom. The van der Waals surface area contributed by atoms with E-state index < -0.39 is 0 Å². The predicted molar refractivity (Wildman–Crippen MR) is 82.5 cm³/mol. The van der Waals surface area contributed by atoms with Crippen molar-refractivity contribution in [2.75, 3.05) is 11.9 Å². The number of piperidine rings is 1. The van der Waals surface area contributed by atoms with E-state index in [1.807, 2.05) is 18.2 Å². The fourth-order valence-electron chi connectivity index (χ4n) is 2.48. The molecule has 0 bridgehead atoms. The summed E-state index contributed by atoms with van der Waals surface area (Å²) in [5, 5.41) is 7.88. The van der Waals surface area contributed by atoms with Gasteiger partial charge in [0.05, 0.1) is 5.69 Å². The van der Waals surface area contributed by atoms with Gasteiger partial charge in [0.15, 0.2) is 0 Å². The van der Waals surface area contributed by atoms with Crippen molar-refractivity contribution in [1.29, 1.82) is 0 Å². The highest BCUT2D eigenvalue weighted by Gasteiger charge is 2.16. The van der Waals surface area contributed by atoms with Crippen LogP contribution in [0.15, 0.2) is 22.7 Å². The number of rotatable bonds is 4. The van der Waals surface area contributed by atoms with Crippen LogP contribution in [0.2, 0.25) is 5.02 Å². The average Bonchev–Trinajstić information content (AvgIpc) is 2.35. The van der Waals surface area contributed by atoms with Gasteiger partial charge in [0, 0.05) is 21.6 Å². The molecule has 4 heteroatoms. The minimum atomic E-state index is 0.440. The van der Waals surface area contributed by atoms with Crippen LogP contribution in [0.1, 0.15) is 32.6 Å². The molecule has 2 atom stereocenters. The first-order valence-electron chi connectivity index (χ1n) is 6.60.